The third kappa shape index (κ3) is 2.71. The van der Waals surface area contributed by atoms with E-state index in [4.69, 9.17) is 0 Å². The fraction of sp³-hybridized carbons (Fsp3) is 0.571. The molecule has 0 aromatic heterocycles. The zero-order valence-electron chi connectivity index (χ0n) is 10.6. The van der Waals surface area contributed by atoms with Gasteiger partial charge in [0.15, 0.2) is 0 Å². The highest BCUT2D eigenvalue weighted by molar-refractivity contribution is 9.10. The second-order valence-electron chi connectivity index (χ2n) is 5.42. The average Bonchev–Trinajstić information content (AvgIpc) is 2.99. The van der Waals surface area contributed by atoms with Crippen LogP contribution in [0.25, 0.3) is 0 Å². The number of aliphatic hydroxyl groups is 1. The molecule has 0 amide bonds. The van der Waals surface area contributed by atoms with Crippen LogP contribution in [0.15, 0.2) is 16.6 Å². The summed E-state index contributed by atoms with van der Waals surface area (Å²) in [6, 6.07) is 3.44. The van der Waals surface area contributed by atoms with Gasteiger partial charge < -0.3 is 10.4 Å². The highest BCUT2D eigenvalue weighted by Gasteiger charge is 2.34. The van der Waals surface area contributed by atoms with E-state index in [0.29, 0.717) is 6.54 Å². The van der Waals surface area contributed by atoms with Crippen LogP contribution in [0.1, 0.15) is 30.0 Å². The Balaban J connectivity index is 1.74. The van der Waals surface area contributed by atoms with E-state index in [1.807, 2.05) is 0 Å². The molecule has 0 bridgehead atoms. The topological polar surface area (TPSA) is 32.3 Å². The van der Waals surface area contributed by atoms with Crippen molar-refractivity contribution in [2.24, 2.45) is 0 Å². The van der Waals surface area contributed by atoms with Crippen molar-refractivity contribution in [2.75, 3.05) is 18.1 Å². The minimum absolute atomic E-state index is 0.113. The Hall–Kier alpha value is -0.100. The number of benzene rings is 1. The van der Waals surface area contributed by atoms with Crippen LogP contribution in [0.4, 0.5) is 4.39 Å². The van der Waals surface area contributed by atoms with E-state index in [0.717, 1.165) is 46.4 Å². The van der Waals surface area contributed by atoms with Crippen LogP contribution >= 0.6 is 27.7 Å². The molecule has 1 heterocycles. The predicted octanol–water partition coefficient (Wildman–Crippen LogP) is 3.03. The smallest absolute Gasteiger partial charge is 0.126 e. The number of hydrogen-bond donors (Lipinski definition) is 2. The Bertz CT molecular complexity index is 491. The lowest BCUT2D eigenvalue weighted by Gasteiger charge is -2.25. The molecule has 2 atom stereocenters. The molecule has 1 fully saturated rings. The molecule has 1 aromatic carbocycles. The van der Waals surface area contributed by atoms with Gasteiger partial charge in [-0.05, 0) is 48.3 Å². The molecule has 1 aliphatic heterocycles. The molecule has 3 rings (SSSR count). The van der Waals surface area contributed by atoms with Gasteiger partial charge in [0.05, 0.1) is 5.60 Å². The van der Waals surface area contributed by atoms with Gasteiger partial charge in [0.2, 0.25) is 0 Å². The molecule has 2 nitrogen and oxygen atoms in total. The van der Waals surface area contributed by atoms with E-state index in [9.17, 15) is 9.50 Å². The van der Waals surface area contributed by atoms with Gasteiger partial charge in [-0.25, -0.2) is 4.39 Å². The van der Waals surface area contributed by atoms with Crippen molar-refractivity contribution in [2.45, 2.75) is 30.9 Å². The Morgan fingerprint density at radius 2 is 2.37 bits per heavy atom. The molecule has 1 aliphatic carbocycles. The second kappa shape index (κ2) is 5.35. The summed E-state index contributed by atoms with van der Waals surface area (Å²) in [5.74, 6) is 1.71. The van der Waals surface area contributed by atoms with Gasteiger partial charge >= 0.3 is 0 Å². The molecule has 19 heavy (non-hydrogen) atoms. The number of halogens is 2. The maximum absolute atomic E-state index is 13.8. The Kier molecular flexibility index (Phi) is 3.91. The monoisotopic (exact) mass is 345 g/mol. The van der Waals surface area contributed by atoms with Gasteiger partial charge in [-0.15, -0.1) is 0 Å². The minimum atomic E-state index is -0.590. The molecule has 104 valence electrons. The summed E-state index contributed by atoms with van der Waals surface area (Å²) in [6.07, 6.45) is 2.51. The van der Waals surface area contributed by atoms with Gasteiger partial charge in [0, 0.05) is 22.8 Å². The van der Waals surface area contributed by atoms with Crippen LogP contribution in [0, 0.1) is 5.82 Å². The summed E-state index contributed by atoms with van der Waals surface area (Å²) >= 11 is 5.31. The number of nitrogens with one attached hydrogen (secondary N) is 1. The first-order valence-electron chi connectivity index (χ1n) is 6.59. The van der Waals surface area contributed by atoms with Gasteiger partial charge in [-0.2, -0.15) is 11.8 Å². The summed E-state index contributed by atoms with van der Waals surface area (Å²) in [4.78, 5) is 0. The quantitative estimate of drug-likeness (QED) is 0.883. The standard InChI is InChI=1S/C14H17BrFNOS/c15-10-2-3-11(16)9-1-4-12(13(9)10)17-7-14(18)5-6-19-8-14/h2-3,12,17-18H,1,4-8H2. The molecule has 2 aliphatic rings. The van der Waals surface area contributed by atoms with Crippen LogP contribution < -0.4 is 5.32 Å². The predicted molar refractivity (Wildman–Crippen MR) is 80.1 cm³/mol. The van der Waals surface area contributed by atoms with Crippen LogP contribution in [-0.4, -0.2) is 28.8 Å². The zero-order chi connectivity index (χ0) is 13.5. The van der Waals surface area contributed by atoms with Crippen molar-refractivity contribution in [3.8, 4) is 0 Å². The van der Waals surface area contributed by atoms with Crippen molar-refractivity contribution >= 4 is 27.7 Å². The molecule has 2 N–H and O–H groups in total. The van der Waals surface area contributed by atoms with Crippen LogP contribution in [-0.2, 0) is 6.42 Å². The fourth-order valence-electron chi connectivity index (χ4n) is 2.93. The highest BCUT2D eigenvalue weighted by atomic mass is 79.9. The summed E-state index contributed by atoms with van der Waals surface area (Å²) in [5, 5.41) is 13.8. The summed E-state index contributed by atoms with van der Waals surface area (Å²) < 4.78 is 14.7. The van der Waals surface area contributed by atoms with Crippen LogP contribution in [0.2, 0.25) is 0 Å². The lowest BCUT2D eigenvalue weighted by molar-refractivity contribution is 0.0645. The van der Waals surface area contributed by atoms with Gasteiger partial charge in [0.1, 0.15) is 5.82 Å². The van der Waals surface area contributed by atoms with Crippen LogP contribution in [0.5, 0.6) is 0 Å². The van der Waals surface area contributed by atoms with Gasteiger partial charge in [-0.3, -0.25) is 0 Å². The first kappa shape index (κ1) is 13.9. The lowest BCUT2D eigenvalue weighted by atomic mass is 10.0. The zero-order valence-corrected chi connectivity index (χ0v) is 13.0. The third-order valence-corrected chi connectivity index (χ3v) is 5.96. The first-order valence-corrected chi connectivity index (χ1v) is 8.54. The summed E-state index contributed by atoms with van der Waals surface area (Å²) in [5.41, 5.74) is 1.27. The van der Waals surface area contributed by atoms with Crippen molar-refractivity contribution in [3.05, 3.63) is 33.5 Å². The van der Waals surface area contributed by atoms with Crippen molar-refractivity contribution in [3.63, 3.8) is 0 Å². The molecular formula is C14H17BrFNOS. The van der Waals surface area contributed by atoms with E-state index in [2.05, 4.69) is 21.2 Å². The number of thioether (sulfide) groups is 1. The van der Waals surface area contributed by atoms with Crippen LogP contribution in [0.3, 0.4) is 0 Å². The largest absolute Gasteiger partial charge is 0.388 e. The molecule has 2 unspecified atom stereocenters. The van der Waals surface area contributed by atoms with E-state index in [1.54, 1.807) is 17.8 Å². The molecule has 1 saturated heterocycles. The average molecular weight is 346 g/mol. The Morgan fingerprint density at radius 1 is 1.53 bits per heavy atom. The van der Waals surface area contributed by atoms with Crippen molar-refractivity contribution < 1.29 is 9.50 Å². The second-order valence-corrected chi connectivity index (χ2v) is 7.38. The Morgan fingerprint density at radius 3 is 3.11 bits per heavy atom. The molecule has 0 saturated carbocycles. The van der Waals surface area contributed by atoms with Crippen molar-refractivity contribution in [1.82, 2.24) is 5.32 Å². The van der Waals surface area contributed by atoms with Crippen molar-refractivity contribution in [1.29, 1.82) is 0 Å². The lowest BCUT2D eigenvalue weighted by Crippen LogP contribution is -2.41. The Labute approximate surface area is 125 Å². The van der Waals surface area contributed by atoms with Gasteiger partial charge in [0.25, 0.3) is 0 Å². The normalized spacial score (nSPS) is 29.7. The fourth-order valence-corrected chi connectivity index (χ4v) is 4.87. The molecule has 0 radical (unpaired) electrons. The SMILES string of the molecule is OC1(CNC2CCc3c(F)ccc(Br)c32)CCSC1. The molecule has 1 aromatic rings. The van der Waals surface area contributed by atoms with E-state index >= 15 is 0 Å². The minimum Gasteiger partial charge on any atom is -0.388 e. The summed E-state index contributed by atoms with van der Waals surface area (Å²) in [7, 11) is 0. The highest BCUT2D eigenvalue weighted by Crippen LogP contribution is 2.38. The number of rotatable bonds is 3. The number of hydrogen-bond acceptors (Lipinski definition) is 3. The van der Waals surface area contributed by atoms with E-state index in [1.165, 1.54) is 6.07 Å². The van der Waals surface area contributed by atoms with Gasteiger partial charge in [-0.1, -0.05) is 15.9 Å². The summed E-state index contributed by atoms with van der Waals surface area (Å²) in [6.45, 7) is 0.590. The molecule has 5 heteroatoms. The third-order valence-electron chi connectivity index (χ3n) is 4.04. The van der Waals surface area contributed by atoms with E-state index in [-0.39, 0.29) is 11.9 Å². The maximum atomic E-state index is 13.8. The number of fused-ring (bicyclic) bond motifs is 1. The molecular weight excluding hydrogens is 329 g/mol. The maximum Gasteiger partial charge on any atom is 0.126 e. The molecule has 0 spiro atoms. The first-order chi connectivity index (χ1) is 9.09. The van der Waals surface area contributed by atoms with E-state index < -0.39 is 5.60 Å².